The Morgan fingerprint density at radius 3 is 2.43 bits per heavy atom. The molecule has 5 rings (SSSR count). The lowest BCUT2D eigenvalue weighted by Crippen LogP contribution is -2.36. The van der Waals surface area contributed by atoms with Crippen molar-refractivity contribution in [2.75, 3.05) is 36.5 Å². The first-order chi connectivity index (χ1) is 18.0. The number of carboxylic acids is 1. The standard InChI is InChI=1S/C29H30FN3O3S/c1-36-24-11-7-20(8-12-24)13-16-33(29-31-26-4-2-3-25(30)27(26)37-29)19-21-5-9-23(10-6-21)32-17-14-22(15-18-32)28(34)35/h2-12,22H,13-19H2,1H3,(H,34,35). The molecule has 0 saturated carbocycles. The predicted molar refractivity (Wildman–Crippen MR) is 146 cm³/mol. The zero-order chi connectivity index (χ0) is 25.8. The Bertz CT molecular complexity index is 1350. The smallest absolute Gasteiger partial charge is 0.306 e. The molecule has 8 heteroatoms. The number of fused-ring (bicyclic) bond motifs is 1. The number of carbonyl (C=O) groups is 1. The summed E-state index contributed by atoms with van der Waals surface area (Å²) in [5.41, 5.74) is 4.12. The van der Waals surface area contributed by atoms with Crippen molar-refractivity contribution in [3.63, 3.8) is 0 Å². The van der Waals surface area contributed by atoms with Gasteiger partial charge in [0.25, 0.3) is 0 Å². The number of aromatic nitrogens is 1. The second kappa shape index (κ2) is 11.2. The molecule has 1 saturated heterocycles. The molecular formula is C29H30FN3O3S. The van der Waals surface area contributed by atoms with Gasteiger partial charge in [-0.25, -0.2) is 9.37 Å². The quantitative estimate of drug-likeness (QED) is 0.293. The van der Waals surface area contributed by atoms with Gasteiger partial charge in [0.05, 0.1) is 23.2 Å². The van der Waals surface area contributed by atoms with E-state index in [1.54, 1.807) is 13.2 Å². The zero-order valence-corrected chi connectivity index (χ0v) is 21.6. The fraction of sp³-hybridized carbons (Fsp3) is 0.310. The predicted octanol–water partition coefficient (Wildman–Crippen LogP) is 5.99. The Morgan fingerprint density at radius 1 is 1.08 bits per heavy atom. The first kappa shape index (κ1) is 25.0. The molecular weight excluding hydrogens is 489 g/mol. The molecule has 1 aliphatic heterocycles. The first-order valence-electron chi connectivity index (χ1n) is 12.5. The van der Waals surface area contributed by atoms with Gasteiger partial charge < -0.3 is 19.6 Å². The Hall–Kier alpha value is -3.65. The molecule has 192 valence electrons. The average Bonchev–Trinajstić information content (AvgIpc) is 3.37. The molecule has 0 unspecified atom stereocenters. The first-order valence-corrected chi connectivity index (χ1v) is 13.3. The van der Waals surface area contributed by atoms with Gasteiger partial charge in [0, 0.05) is 31.9 Å². The fourth-order valence-corrected chi connectivity index (χ4v) is 5.75. The molecule has 1 aliphatic rings. The lowest BCUT2D eigenvalue weighted by molar-refractivity contribution is -0.142. The lowest BCUT2D eigenvalue weighted by Gasteiger charge is -2.32. The summed E-state index contributed by atoms with van der Waals surface area (Å²) in [7, 11) is 1.66. The summed E-state index contributed by atoms with van der Waals surface area (Å²) < 4.78 is 20.3. The molecule has 0 radical (unpaired) electrons. The number of nitrogens with zero attached hydrogens (tertiary/aromatic N) is 3. The molecule has 1 aromatic heterocycles. The number of carboxylic acid groups (broad SMARTS) is 1. The van der Waals surface area contributed by atoms with Crippen molar-refractivity contribution in [3.05, 3.63) is 83.7 Å². The van der Waals surface area contributed by atoms with Gasteiger partial charge in [-0.05, 0) is 66.8 Å². The maximum absolute atomic E-state index is 14.4. The van der Waals surface area contributed by atoms with Crippen LogP contribution in [0.3, 0.4) is 0 Å². The maximum atomic E-state index is 14.4. The van der Waals surface area contributed by atoms with Crippen molar-refractivity contribution in [3.8, 4) is 5.75 Å². The third-order valence-electron chi connectivity index (χ3n) is 6.97. The van der Waals surface area contributed by atoms with Gasteiger partial charge in [0.1, 0.15) is 11.6 Å². The maximum Gasteiger partial charge on any atom is 0.306 e. The van der Waals surface area contributed by atoms with E-state index in [0.29, 0.717) is 29.6 Å². The van der Waals surface area contributed by atoms with Crippen LogP contribution in [0, 0.1) is 11.7 Å². The third-order valence-corrected chi connectivity index (χ3v) is 8.12. The van der Waals surface area contributed by atoms with E-state index in [4.69, 9.17) is 9.72 Å². The van der Waals surface area contributed by atoms with E-state index in [2.05, 4.69) is 46.2 Å². The Labute approximate surface area is 219 Å². The van der Waals surface area contributed by atoms with Crippen molar-refractivity contribution in [2.45, 2.75) is 25.8 Å². The van der Waals surface area contributed by atoms with E-state index < -0.39 is 5.97 Å². The molecule has 0 aliphatic carbocycles. The molecule has 0 amide bonds. The fourth-order valence-electron chi connectivity index (χ4n) is 4.75. The largest absolute Gasteiger partial charge is 0.497 e. The number of thiazole rings is 1. The minimum Gasteiger partial charge on any atom is -0.497 e. The minimum atomic E-state index is -0.695. The molecule has 6 nitrogen and oxygen atoms in total. The molecule has 0 spiro atoms. The summed E-state index contributed by atoms with van der Waals surface area (Å²) in [5.74, 6) is -0.352. The number of methoxy groups -OCH3 is 1. The highest BCUT2D eigenvalue weighted by molar-refractivity contribution is 7.22. The van der Waals surface area contributed by atoms with E-state index >= 15 is 0 Å². The molecule has 2 heterocycles. The minimum absolute atomic E-state index is 0.242. The second-order valence-electron chi connectivity index (χ2n) is 9.37. The van der Waals surface area contributed by atoms with Crippen LogP contribution >= 0.6 is 11.3 Å². The summed E-state index contributed by atoms with van der Waals surface area (Å²) >= 11 is 1.38. The normalized spacial score (nSPS) is 14.2. The number of anilines is 2. The second-order valence-corrected chi connectivity index (χ2v) is 10.3. The van der Waals surface area contributed by atoms with Gasteiger partial charge in [-0.1, -0.05) is 41.7 Å². The Kier molecular flexibility index (Phi) is 7.55. The van der Waals surface area contributed by atoms with Crippen molar-refractivity contribution in [2.24, 2.45) is 5.92 Å². The van der Waals surface area contributed by atoms with Crippen LogP contribution < -0.4 is 14.5 Å². The van der Waals surface area contributed by atoms with Gasteiger partial charge in [0.2, 0.25) is 0 Å². The molecule has 1 fully saturated rings. The van der Waals surface area contributed by atoms with E-state index in [1.165, 1.54) is 23.0 Å². The number of piperidine rings is 1. The van der Waals surface area contributed by atoms with Crippen LogP contribution in [0.25, 0.3) is 10.2 Å². The molecule has 4 aromatic rings. The van der Waals surface area contributed by atoms with Crippen LogP contribution in [0.4, 0.5) is 15.2 Å². The summed E-state index contributed by atoms with van der Waals surface area (Å²) in [5, 5.41) is 10.1. The molecule has 0 bridgehead atoms. The number of hydrogen-bond acceptors (Lipinski definition) is 6. The number of ether oxygens (including phenoxy) is 1. The number of hydrogen-bond donors (Lipinski definition) is 1. The average molecular weight is 520 g/mol. The van der Waals surface area contributed by atoms with Crippen LogP contribution in [0.1, 0.15) is 24.0 Å². The third kappa shape index (κ3) is 5.85. The summed E-state index contributed by atoms with van der Waals surface area (Å²) in [6.45, 7) is 2.89. The van der Waals surface area contributed by atoms with Gasteiger partial charge >= 0.3 is 5.97 Å². The number of halogens is 1. The highest BCUT2D eigenvalue weighted by Crippen LogP contribution is 2.32. The van der Waals surface area contributed by atoms with E-state index in [9.17, 15) is 14.3 Å². The van der Waals surface area contributed by atoms with Crippen molar-refractivity contribution in [1.82, 2.24) is 4.98 Å². The molecule has 1 N–H and O–H groups in total. The summed E-state index contributed by atoms with van der Waals surface area (Å²) in [6, 6.07) is 21.5. The highest BCUT2D eigenvalue weighted by Gasteiger charge is 2.24. The van der Waals surface area contributed by atoms with Crippen LogP contribution in [0.2, 0.25) is 0 Å². The molecule has 3 aromatic carbocycles. The zero-order valence-electron chi connectivity index (χ0n) is 20.8. The summed E-state index contributed by atoms with van der Waals surface area (Å²) in [6.07, 6.45) is 2.16. The van der Waals surface area contributed by atoms with Crippen LogP contribution in [-0.4, -0.2) is 42.8 Å². The monoisotopic (exact) mass is 519 g/mol. The van der Waals surface area contributed by atoms with Crippen molar-refractivity contribution in [1.29, 1.82) is 0 Å². The van der Waals surface area contributed by atoms with Gasteiger partial charge in [-0.3, -0.25) is 4.79 Å². The number of aliphatic carboxylic acids is 1. The molecule has 0 atom stereocenters. The van der Waals surface area contributed by atoms with E-state index in [0.717, 1.165) is 48.2 Å². The van der Waals surface area contributed by atoms with Gasteiger partial charge in [-0.2, -0.15) is 0 Å². The van der Waals surface area contributed by atoms with Crippen molar-refractivity contribution >= 4 is 38.3 Å². The van der Waals surface area contributed by atoms with E-state index in [1.807, 2.05) is 18.2 Å². The lowest BCUT2D eigenvalue weighted by atomic mass is 9.96. The van der Waals surface area contributed by atoms with Crippen LogP contribution in [0.15, 0.2) is 66.7 Å². The number of rotatable bonds is 9. The van der Waals surface area contributed by atoms with Crippen LogP contribution in [-0.2, 0) is 17.8 Å². The molecule has 37 heavy (non-hydrogen) atoms. The topological polar surface area (TPSA) is 65.9 Å². The van der Waals surface area contributed by atoms with Gasteiger partial charge in [0.15, 0.2) is 5.13 Å². The van der Waals surface area contributed by atoms with E-state index in [-0.39, 0.29) is 11.7 Å². The number of benzene rings is 3. The van der Waals surface area contributed by atoms with Crippen LogP contribution in [0.5, 0.6) is 5.75 Å². The highest BCUT2D eigenvalue weighted by atomic mass is 32.1. The van der Waals surface area contributed by atoms with Gasteiger partial charge in [-0.15, -0.1) is 0 Å². The Morgan fingerprint density at radius 2 is 1.78 bits per heavy atom. The van der Waals surface area contributed by atoms with Crippen molar-refractivity contribution < 1.29 is 19.0 Å². The SMILES string of the molecule is COc1ccc(CCN(Cc2ccc(N3CCC(C(=O)O)CC3)cc2)c2nc3cccc(F)c3s2)cc1. The summed E-state index contributed by atoms with van der Waals surface area (Å²) in [4.78, 5) is 20.5. The Balaban J connectivity index is 1.32.